The Hall–Kier alpha value is -2.97. The van der Waals surface area contributed by atoms with E-state index in [9.17, 15) is 62.2 Å². The van der Waals surface area contributed by atoms with Gasteiger partial charge in [-0.1, -0.05) is 12.1 Å². The van der Waals surface area contributed by atoms with Crippen molar-refractivity contribution in [3.63, 3.8) is 0 Å². The second-order valence-corrected chi connectivity index (χ2v) is 7.17. The van der Waals surface area contributed by atoms with E-state index in [4.69, 9.17) is 0 Å². The van der Waals surface area contributed by atoms with Crippen LogP contribution in [0, 0.1) is 0 Å². The Bertz CT molecular complexity index is 1100. The first-order valence-corrected chi connectivity index (χ1v) is 9.81. The molecule has 0 aliphatic heterocycles. The van der Waals surface area contributed by atoms with Crippen molar-refractivity contribution in [2.75, 3.05) is 13.2 Å². The lowest BCUT2D eigenvalue weighted by atomic mass is 10.1. The van der Waals surface area contributed by atoms with Gasteiger partial charge in [0, 0.05) is 18.0 Å². The SMILES string of the molecule is Oc1cc(-c2ncccn2)ccc1CCOCC(F)(F)OC(F)(F)C(F)(F)OC(F)(F)C(F)(F)OC(F)(F)F. The van der Waals surface area contributed by atoms with Gasteiger partial charge in [-0.25, -0.2) is 24.2 Å². The zero-order valence-corrected chi connectivity index (χ0v) is 18.5. The molecule has 0 amide bonds. The summed E-state index contributed by atoms with van der Waals surface area (Å²) in [6.07, 6.45) is -37.5. The van der Waals surface area contributed by atoms with Crippen LogP contribution in [0.15, 0.2) is 36.7 Å². The molecule has 0 spiro atoms. The second kappa shape index (κ2) is 11.3. The number of halogens is 13. The summed E-state index contributed by atoms with van der Waals surface area (Å²) in [4.78, 5) is 7.83. The Morgan fingerprint density at radius 1 is 0.692 bits per heavy atom. The molecule has 0 fully saturated rings. The van der Waals surface area contributed by atoms with Gasteiger partial charge in [0.2, 0.25) is 0 Å². The maximum absolute atomic E-state index is 13.6. The molecule has 39 heavy (non-hydrogen) atoms. The van der Waals surface area contributed by atoms with Crippen molar-refractivity contribution < 1.29 is 81.1 Å². The van der Waals surface area contributed by atoms with Crippen molar-refractivity contribution in [1.82, 2.24) is 9.97 Å². The molecule has 0 saturated carbocycles. The Labute approximate surface area is 208 Å². The van der Waals surface area contributed by atoms with E-state index in [-0.39, 0.29) is 17.8 Å². The van der Waals surface area contributed by atoms with Crippen LogP contribution in [0.3, 0.4) is 0 Å². The van der Waals surface area contributed by atoms with Crippen molar-refractivity contribution in [2.45, 2.75) is 43.3 Å². The van der Waals surface area contributed by atoms with Crippen molar-refractivity contribution in [3.05, 3.63) is 42.2 Å². The molecule has 1 aromatic heterocycles. The Balaban J connectivity index is 1.97. The fraction of sp³-hybridized carbons (Fsp3) is 0.474. The highest BCUT2D eigenvalue weighted by Crippen LogP contribution is 2.48. The van der Waals surface area contributed by atoms with E-state index >= 15 is 0 Å². The second-order valence-electron chi connectivity index (χ2n) is 7.17. The van der Waals surface area contributed by atoms with Crippen molar-refractivity contribution in [2.24, 2.45) is 0 Å². The molecule has 2 rings (SSSR count). The van der Waals surface area contributed by atoms with Crippen LogP contribution >= 0.6 is 0 Å². The molecule has 0 bridgehead atoms. The molecule has 0 saturated heterocycles. The first kappa shape index (κ1) is 32.2. The van der Waals surface area contributed by atoms with Gasteiger partial charge in [0.15, 0.2) is 5.82 Å². The summed E-state index contributed by atoms with van der Waals surface area (Å²) >= 11 is 0. The molecular formula is C19H13F13N2O5. The summed E-state index contributed by atoms with van der Waals surface area (Å²) in [5, 5.41) is 10.0. The van der Waals surface area contributed by atoms with Gasteiger partial charge in [0.25, 0.3) is 0 Å². The van der Waals surface area contributed by atoms with Gasteiger partial charge in [0.1, 0.15) is 12.4 Å². The fourth-order valence-corrected chi connectivity index (χ4v) is 2.50. The highest BCUT2D eigenvalue weighted by molar-refractivity contribution is 5.58. The predicted molar refractivity (Wildman–Crippen MR) is 97.7 cm³/mol. The van der Waals surface area contributed by atoms with Gasteiger partial charge in [-0.2, -0.15) is 43.9 Å². The summed E-state index contributed by atoms with van der Waals surface area (Å²) < 4.78 is 178. The molecule has 220 valence electrons. The zero-order valence-electron chi connectivity index (χ0n) is 18.5. The van der Waals surface area contributed by atoms with Gasteiger partial charge in [0.05, 0.1) is 6.61 Å². The monoisotopic (exact) mass is 596 g/mol. The normalized spacial score (nSPS) is 14.1. The quantitative estimate of drug-likeness (QED) is 0.226. The van der Waals surface area contributed by atoms with Gasteiger partial charge in [-0.05, 0) is 24.1 Å². The minimum atomic E-state index is -7.12. The van der Waals surface area contributed by atoms with E-state index in [1.54, 1.807) is 9.47 Å². The first-order chi connectivity index (χ1) is 17.6. The van der Waals surface area contributed by atoms with Crippen LogP contribution in [0.4, 0.5) is 57.1 Å². The average Bonchev–Trinajstić information content (AvgIpc) is 2.75. The third-order valence-electron chi connectivity index (χ3n) is 4.15. The number of aromatic hydroxyl groups is 1. The third kappa shape index (κ3) is 8.77. The van der Waals surface area contributed by atoms with Gasteiger partial charge in [-0.3, -0.25) is 0 Å². The minimum Gasteiger partial charge on any atom is -0.508 e. The number of phenols is 1. The highest BCUT2D eigenvalue weighted by atomic mass is 19.4. The van der Waals surface area contributed by atoms with E-state index < -0.39 is 55.9 Å². The average molecular weight is 596 g/mol. The van der Waals surface area contributed by atoms with Crippen molar-refractivity contribution in [3.8, 4) is 17.1 Å². The van der Waals surface area contributed by atoms with E-state index in [0.717, 1.165) is 0 Å². The van der Waals surface area contributed by atoms with Crippen LogP contribution in [0.1, 0.15) is 5.56 Å². The van der Waals surface area contributed by atoms with Crippen LogP contribution in [0.25, 0.3) is 11.4 Å². The molecule has 0 radical (unpaired) electrons. The van der Waals surface area contributed by atoms with Crippen molar-refractivity contribution in [1.29, 1.82) is 0 Å². The summed E-state index contributed by atoms with van der Waals surface area (Å²) in [5.41, 5.74) is 0.407. The number of aromatic nitrogens is 2. The summed E-state index contributed by atoms with van der Waals surface area (Å²) in [6.45, 7) is -3.02. The molecule has 1 N–H and O–H groups in total. The lowest BCUT2D eigenvalue weighted by Crippen LogP contribution is -2.57. The lowest BCUT2D eigenvalue weighted by molar-refractivity contribution is -0.564. The molecule has 0 aliphatic rings. The Morgan fingerprint density at radius 3 is 1.72 bits per heavy atom. The summed E-state index contributed by atoms with van der Waals surface area (Å²) in [5.74, 6) is -0.189. The number of phenolic OH excluding ortho intramolecular Hbond substituents is 1. The minimum absolute atomic E-state index is 0.0633. The topological polar surface area (TPSA) is 82.9 Å². The molecule has 1 aromatic carbocycles. The van der Waals surface area contributed by atoms with Crippen molar-refractivity contribution >= 4 is 0 Å². The number of hydrogen-bond donors (Lipinski definition) is 1. The van der Waals surface area contributed by atoms with Crippen LogP contribution in [0.5, 0.6) is 5.75 Å². The van der Waals surface area contributed by atoms with Gasteiger partial charge >= 0.3 is 36.9 Å². The Morgan fingerprint density at radius 2 is 1.21 bits per heavy atom. The number of benzene rings is 1. The number of alkyl halides is 13. The Kier molecular flexibility index (Phi) is 9.31. The van der Waals surface area contributed by atoms with Gasteiger partial charge < -0.3 is 9.84 Å². The van der Waals surface area contributed by atoms with E-state index in [1.165, 1.54) is 36.7 Å². The van der Waals surface area contributed by atoms with Gasteiger partial charge in [-0.15, -0.1) is 13.2 Å². The predicted octanol–water partition coefficient (Wildman–Crippen LogP) is 5.94. The first-order valence-electron chi connectivity index (χ1n) is 9.81. The number of rotatable bonds is 13. The van der Waals surface area contributed by atoms with Crippen LogP contribution in [-0.2, 0) is 25.4 Å². The summed E-state index contributed by atoms with van der Waals surface area (Å²) in [6, 6.07) is 5.39. The standard InChI is InChI=1S/C19H13F13N2O5/c20-14(21,9-36-7-4-10-2-3-11(8-12(10)35)13-33-5-1-6-34-13)37-15(22,23)16(24,25)38-17(26,27)18(28,29)39-19(30,31)32/h1-3,5-6,8,35H,4,7,9H2. The molecule has 20 heteroatoms. The zero-order chi connectivity index (χ0) is 29.9. The molecule has 0 unspecified atom stereocenters. The largest absolute Gasteiger partial charge is 0.527 e. The number of ether oxygens (including phenoxy) is 4. The summed E-state index contributed by atoms with van der Waals surface area (Å²) in [7, 11) is 0. The maximum atomic E-state index is 13.6. The molecule has 2 aromatic rings. The van der Waals surface area contributed by atoms with E-state index in [1.807, 2.05) is 0 Å². The van der Waals surface area contributed by atoms with E-state index in [0.29, 0.717) is 5.56 Å². The highest BCUT2D eigenvalue weighted by Gasteiger charge is 2.74. The fourth-order valence-electron chi connectivity index (χ4n) is 2.50. The molecule has 0 aliphatic carbocycles. The smallest absolute Gasteiger partial charge is 0.508 e. The van der Waals surface area contributed by atoms with E-state index in [2.05, 4.69) is 19.4 Å². The number of nitrogens with zero attached hydrogens (tertiary/aromatic N) is 2. The lowest BCUT2D eigenvalue weighted by Gasteiger charge is -2.33. The molecule has 0 atom stereocenters. The number of hydrogen-bond acceptors (Lipinski definition) is 7. The van der Waals surface area contributed by atoms with Crippen LogP contribution < -0.4 is 0 Å². The molecule has 1 heterocycles. The maximum Gasteiger partial charge on any atom is 0.527 e. The molecular weight excluding hydrogens is 583 g/mol. The van der Waals surface area contributed by atoms with Crippen LogP contribution in [-0.4, -0.2) is 65.2 Å². The van der Waals surface area contributed by atoms with Crippen LogP contribution in [0.2, 0.25) is 0 Å². The third-order valence-corrected chi connectivity index (χ3v) is 4.15. The molecule has 7 nitrogen and oxygen atoms in total.